The van der Waals surface area contributed by atoms with Gasteiger partial charge in [0.2, 0.25) is 0 Å². The first kappa shape index (κ1) is 13.2. The van der Waals surface area contributed by atoms with E-state index in [-0.39, 0.29) is 0 Å². The molecule has 1 saturated carbocycles. The van der Waals surface area contributed by atoms with E-state index in [1.807, 2.05) is 18.3 Å². The molecule has 1 aliphatic carbocycles. The predicted octanol–water partition coefficient (Wildman–Crippen LogP) is 4.05. The van der Waals surface area contributed by atoms with Crippen molar-refractivity contribution in [1.29, 1.82) is 0 Å². The number of para-hydroxylation sites is 1. The lowest BCUT2D eigenvalue weighted by atomic mass is 9.80. The van der Waals surface area contributed by atoms with Gasteiger partial charge in [0.15, 0.2) is 0 Å². The second-order valence-corrected chi connectivity index (χ2v) is 6.25. The van der Waals surface area contributed by atoms with Gasteiger partial charge >= 0.3 is 0 Å². The van der Waals surface area contributed by atoms with Gasteiger partial charge in [0, 0.05) is 23.3 Å². The van der Waals surface area contributed by atoms with Gasteiger partial charge in [0.25, 0.3) is 0 Å². The van der Waals surface area contributed by atoms with Crippen LogP contribution in [0.5, 0.6) is 0 Å². The Kier molecular flexibility index (Phi) is 3.51. The fourth-order valence-corrected chi connectivity index (χ4v) is 3.40. The quantitative estimate of drug-likeness (QED) is 0.808. The molecule has 3 rings (SSSR count). The molecule has 0 amide bonds. The molecule has 1 aromatic heterocycles. The lowest BCUT2D eigenvalue weighted by molar-refractivity contribution is 0.276. The van der Waals surface area contributed by atoms with E-state index < -0.39 is 0 Å². The first-order chi connectivity index (χ1) is 9.65. The Morgan fingerprint density at radius 1 is 1.20 bits per heavy atom. The van der Waals surface area contributed by atoms with Gasteiger partial charge in [-0.15, -0.1) is 0 Å². The average Bonchev–Trinajstić information content (AvgIpc) is 2.43. The highest BCUT2D eigenvalue weighted by Gasteiger charge is 2.25. The van der Waals surface area contributed by atoms with Crippen molar-refractivity contribution in [1.82, 2.24) is 4.98 Å². The van der Waals surface area contributed by atoms with Crippen molar-refractivity contribution in [3.05, 3.63) is 30.5 Å². The molecule has 1 heterocycles. The van der Waals surface area contributed by atoms with Gasteiger partial charge < -0.3 is 11.1 Å². The predicted molar refractivity (Wildman–Crippen MR) is 85.7 cm³/mol. The van der Waals surface area contributed by atoms with Crippen molar-refractivity contribution in [3.8, 4) is 0 Å². The minimum Gasteiger partial charge on any atom is -0.397 e. The zero-order chi connectivity index (χ0) is 14.1. The third-order valence-electron chi connectivity index (χ3n) is 4.57. The maximum absolute atomic E-state index is 6.01. The standard InChI is InChI=1S/C17H23N3/c1-11-6-7-15(12(2)10-11)20-16-8-9-19-17-13(16)4-3-5-14(17)18/h3-5,8-9,11-12,15H,6-7,10,18H2,1-2H3,(H,19,20). The highest BCUT2D eigenvalue weighted by atomic mass is 14.9. The van der Waals surface area contributed by atoms with Crippen LogP contribution in [0.4, 0.5) is 11.4 Å². The molecule has 1 fully saturated rings. The highest BCUT2D eigenvalue weighted by molar-refractivity contribution is 5.97. The van der Waals surface area contributed by atoms with Crippen LogP contribution in [0.25, 0.3) is 10.9 Å². The molecule has 2 aromatic rings. The Labute approximate surface area is 120 Å². The first-order valence-electron chi connectivity index (χ1n) is 7.55. The molecule has 20 heavy (non-hydrogen) atoms. The van der Waals surface area contributed by atoms with Crippen LogP contribution in [0.15, 0.2) is 30.5 Å². The minimum atomic E-state index is 0.554. The van der Waals surface area contributed by atoms with Gasteiger partial charge in [-0.3, -0.25) is 4.98 Å². The third-order valence-corrected chi connectivity index (χ3v) is 4.57. The van der Waals surface area contributed by atoms with E-state index >= 15 is 0 Å². The Balaban J connectivity index is 1.89. The summed E-state index contributed by atoms with van der Waals surface area (Å²) in [6, 6.07) is 8.61. The molecule has 1 aromatic carbocycles. The molecule has 0 bridgehead atoms. The number of fused-ring (bicyclic) bond motifs is 1. The maximum atomic E-state index is 6.01. The normalized spacial score (nSPS) is 26.6. The zero-order valence-electron chi connectivity index (χ0n) is 12.3. The number of aromatic nitrogens is 1. The summed E-state index contributed by atoms with van der Waals surface area (Å²) < 4.78 is 0. The van der Waals surface area contributed by atoms with Gasteiger partial charge in [-0.25, -0.2) is 0 Å². The van der Waals surface area contributed by atoms with Crippen LogP contribution in [-0.4, -0.2) is 11.0 Å². The molecule has 106 valence electrons. The number of rotatable bonds is 2. The second kappa shape index (κ2) is 5.31. The highest BCUT2D eigenvalue weighted by Crippen LogP contribution is 2.33. The third kappa shape index (κ3) is 2.45. The van der Waals surface area contributed by atoms with Crippen LogP contribution in [0.3, 0.4) is 0 Å². The summed E-state index contributed by atoms with van der Waals surface area (Å²) in [7, 11) is 0. The van der Waals surface area contributed by atoms with Crippen molar-refractivity contribution >= 4 is 22.3 Å². The molecular formula is C17H23N3. The van der Waals surface area contributed by atoms with Crippen molar-refractivity contribution in [3.63, 3.8) is 0 Å². The minimum absolute atomic E-state index is 0.554. The van der Waals surface area contributed by atoms with Gasteiger partial charge in [-0.05, 0) is 43.2 Å². The number of pyridine rings is 1. The molecule has 0 spiro atoms. The Bertz CT molecular complexity index is 608. The molecule has 1 aliphatic rings. The van der Waals surface area contributed by atoms with E-state index in [0.29, 0.717) is 12.0 Å². The monoisotopic (exact) mass is 269 g/mol. The van der Waals surface area contributed by atoms with Gasteiger partial charge in [0.1, 0.15) is 0 Å². The molecule has 3 atom stereocenters. The van der Waals surface area contributed by atoms with Crippen molar-refractivity contribution < 1.29 is 0 Å². The fourth-order valence-electron chi connectivity index (χ4n) is 3.40. The lowest BCUT2D eigenvalue weighted by Gasteiger charge is -2.34. The van der Waals surface area contributed by atoms with Crippen LogP contribution >= 0.6 is 0 Å². The Morgan fingerprint density at radius 2 is 2.05 bits per heavy atom. The number of nitrogens with zero attached hydrogens (tertiary/aromatic N) is 1. The Hall–Kier alpha value is -1.77. The summed E-state index contributed by atoms with van der Waals surface area (Å²) in [5.74, 6) is 1.57. The van der Waals surface area contributed by atoms with E-state index in [9.17, 15) is 0 Å². The van der Waals surface area contributed by atoms with E-state index in [1.165, 1.54) is 19.3 Å². The maximum Gasteiger partial charge on any atom is 0.0951 e. The summed E-state index contributed by atoms with van der Waals surface area (Å²) in [5, 5.41) is 4.85. The molecule has 0 aliphatic heterocycles. The SMILES string of the molecule is CC1CCC(Nc2ccnc3c(N)cccc23)C(C)C1. The van der Waals surface area contributed by atoms with Crippen molar-refractivity contribution in [2.24, 2.45) is 11.8 Å². The first-order valence-corrected chi connectivity index (χ1v) is 7.55. The summed E-state index contributed by atoms with van der Waals surface area (Å²) >= 11 is 0. The van der Waals surface area contributed by atoms with Crippen molar-refractivity contribution in [2.75, 3.05) is 11.1 Å². The number of hydrogen-bond acceptors (Lipinski definition) is 3. The smallest absolute Gasteiger partial charge is 0.0951 e. The van der Waals surface area contributed by atoms with Crippen LogP contribution in [0.1, 0.15) is 33.1 Å². The Morgan fingerprint density at radius 3 is 2.85 bits per heavy atom. The van der Waals surface area contributed by atoms with Gasteiger partial charge in [-0.1, -0.05) is 26.0 Å². The number of hydrogen-bond donors (Lipinski definition) is 2. The number of benzene rings is 1. The molecule has 3 nitrogen and oxygen atoms in total. The lowest BCUT2D eigenvalue weighted by Crippen LogP contribution is -2.33. The molecule has 0 saturated heterocycles. The topological polar surface area (TPSA) is 50.9 Å². The van der Waals surface area contributed by atoms with Crippen LogP contribution < -0.4 is 11.1 Å². The number of nitrogens with one attached hydrogen (secondary N) is 1. The molecule has 3 unspecified atom stereocenters. The van der Waals surface area contributed by atoms with Crippen LogP contribution in [-0.2, 0) is 0 Å². The summed E-state index contributed by atoms with van der Waals surface area (Å²) in [5.41, 5.74) is 8.82. The zero-order valence-corrected chi connectivity index (χ0v) is 12.3. The fraction of sp³-hybridized carbons (Fsp3) is 0.471. The molecular weight excluding hydrogens is 246 g/mol. The van der Waals surface area contributed by atoms with E-state index in [0.717, 1.165) is 28.2 Å². The van der Waals surface area contributed by atoms with Crippen molar-refractivity contribution in [2.45, 2.75) is 39.2 Å². The summed E-state index contributed by atoms with van der Waals surface area (Å²) in [6.45, 7) is 4.71. The molecule has 3 N–H and O–H groups in total. The van der Waals surface area contributed by atoms with Gasteiger partial charge in [0.05, 0.1) is 11.2 Å². The van der Waals surface area contributed by atoms with Crippen LogP contribution in [0, 0.1) is 11.8 Å². The number of anilines is 2. The van der Waals surface area contributed by atoms with E-state index in [1.54, 1.807) is 0 Å². The molecule has 0 radical (unpaired) electrons. The largest absolute Gasteiger partial charge is 0.397 e. The van der Waals surface area contributed by atoms with E-state index in [2.05, 4.69) is 36.3 Å². The number of nitrogens with two attached hydrogens (primary N) is 1. The van der Waals surface area contributed by atoms with E-state index in [4.69, 9.17) is 5.73 Å². The van der Waals surface area contributed by atoms with Gasteiger partial charge in [-0.2, -0.15) is 0 Å². The summed E-state index contributed by atoms with van der Waals surface area (Å²) in [6.07, 6.45) is 5.71. The molecule has 3 heteroatoms. The number of nitrogen functional groups attached to an aromatic ring is 1. The van der Waals surface area contributed by atoms with Crippen LogP contribution in [0.2, 0.25) is 0 Å². The summed E-state index contributed by atoms with van der Waals surface area (Å²) in [4.78, 5) is 4.40. The second-order valence-electron chi connectivity index (χ2n) is 6.25. The average molecular weight is 269 g/mol.